The van der Waals surface area contributed by atoms with E-state index < -0.39 is 17.9 Å². The third kappa shape index (κ3) is 2.88. The number of hydrogen-bond acceptors (Lipinski definition) is 2. The van der Waals surface area contributed by atoms with Crippen molar-refractivity contribution >= 4 is 5.91 Å². The van der Waals surface area contributed by atoms with E-state index in [9.17, 15) is 13.6 Å². The Labute approximate surface area is 87.5 Å². The minimum Gasteiger partial charge on any atom is -0.344 e. The predicted octanol–water partition coefficient (Wildman–Crippen LogP) is 1.98. The Hall–Kier alpha value is -1.18. The summed E-state index contributed by atoms with van der Waals surface area (Å²) in [5.41, 5.74) is -1.38. The van der Waals surface area contributed by atoms with Gasteiger partial charge in [0.25, 0.3) is 6.43 Å². The highest BCUT2D eigenvalue weighted by atomic mass is 19.3. The van der Waals surface area contributed by atoms with Gasteiger partial charge in [-0.2, -0.15) is 5.26 Å². The molecule has 0 aromatic heterocycles. The molecule has 0 unspecified atom stereocenters. The summed E-state index contributed by atoms with van der Waals surface area (Å²) >= 11 is 0. The highest BCUT2D eigenvalue weighted by Crippen LogP contribution is 2.33. The molecule has 0 aromatic rings. The summed E-state index contributed by atoms with van der Waals surface area (Å²) in [6, 6.07) is 1.66. The first-order chi connectivity index (χ1) is 7.10. The van der Waals surface area contributed by atoms with Gasteiger partial charge in [-0.05, 0) is 12.8 Å². The lowest BCUT2D eigenvalue weighted by Crippen LogP contribution is -2.54. The van der Waals surface area contributed by atoms with Crippen molar-refractivity contribution in [2.45, 2.75) is 50.5 Å². The number of carbonyl (C=O) groups is 1. The highest BCUT2D eigenvalue weighted by molar-refractivity contribution is 5.78. The van der Waals surface area contributed by atoms with Crippen LogP contribution in [0.15, 0.2) is 0 Å². The van der Waals surface area contributed by atoms with Crippen LogP contribution < -0.4 is 5.32 Å². The molecule has 1 amide bonds. The van der Waals surface area contributed by atoms with Crippen molar-refractivity contribution in [3.8, 4) is 6.07 Å². The number of rotatable bonds is 3. The number of carbonyl (C=O) groups excluding carboxylic acids is 1. The number of alkyl halides is 2. The van der Waals surface area contributed by atoms with Crippen LogP contribution in [0.1, 0.15) is 38.5 Å². The van der Waals surface area contributed by atoms with Crippen molar-refractivity contribution < 1.29 is 13.6 Å². The first-order valence-corrected chi connectivity index (χ1v) is 5.07. The van der Waals surface area contributed by atoms with E-state index in [1.165, 1.54) is 0 Å². The summed E-state index contributed by atoms with van der Waals surface area (Å²) in [7, 11) is 0. The molecule has 1 rings (SSSR count). The number of nitrogens with one attached hydrogen (secondary N) is 1. The number of nitriles is 1. The quantitative estimate of drug-likeness (QED) is 0.784. The van der Waals surface area contributed by atoms with E-state index in [2.05, 4.69) is 5.32 Å². The monoisotopic (exact) mass is 216 g/mol. The van der Waals surface area contributed by atoms with E-state index in [-0.39, 0.29) is 6.42 Å². The predicted molar refractivity (Wildman–Crippen MR) is 50.2 cm³/mol. The molecular formula is C10H14F2N2O. The zero-order valence-electron chi connectivity index (χ0n) is 8.43. The van der Waals surface area contributed by atoms with Crippen molar-refractivity contribution in [1.82, 2.24) is 5.32 Å². The van der Waals surface area contributed by atoms with E-state index in [4.69, 9.17) is 5.26 Å². The number of amides is 1. The maximum absolute atomic E-state index is 12.9. The number of nitrogens with zero attached hydrogens (tertiary/aromatic N) is 1. The van der Waals surface area contributed by atoms with Gasteiger partial charge in [0.05, 0.1) is 6.07 Å². The van der Waals surface area contributed by atoms with Crippen molar-refractivity contribution in [2.24, 2.45) is 0 Å². The molecule has 3 nitrogen and oxygen atoms in total. The molecule has 1 saturated carbocycles. The van der Waals surface area contributed by atoms with Crippen LogP contribution in [0, 0.1) is 11.3 Å². The standard InChI is InChI=1S/C10H14F2N2O/c11-9(12)10(5-2-1-3-6-10)14-8(15)4-7-13/h9H,1-6H2,(H,14,15). The Morgan fingerprint density at radius 2 is 2.00 bits per heavy atom. The molecule has 0 aromatic carbocycles. The van der Waals surface area contributed by atoms with Crippen molar-refractivity contribution in [1.29, 1.82) is 5.26 Å². The van der Waals surface area contributed by atoms with Gasteiger partial charge in [-0.3, -0.25) is 4.79 Å². The van der Waals surface area contributed by atoms with Gasteiger partial charge in [0, 0.05) is 0 Å². The van der Waals surface area contributed by atoms with Crippen molar-refractivity contribution in [3.05, 3.63) is 0 Å². The summed E-state index contributed by atoms with van der Waals surface area (Å²) < 4.78 is 25.8. The molecule has 0 spiro atoms. The summed E-state index contributed by atoms with van der Waals surface area (Å²) in [4.78, 5) is 11.2. The zero-order valence-corrected chi connectivity index (χ0v) is 8.43. The minimum absolute atomic E-state index is 0.307. The first kappa shape index (κ1) is 11.9. The van der Waals surface area contributed by atoms with Gasteiger partial charge in [0.2, 0.25) is 5.91 Å². The third-order valence-corrected chi connectivity index (χ3v) is 2.79. The second kappa shape index (κ2) is 5.06. The van der Waals surface area contributed by atoms with Crippen LogP contribution in [0.2, 0.25) is 0 Å². The molecule has 1 aliphatic rings. The molecule has 0 heterocycles. The van der Waals surface area contributed by atoms with Gasteiger partial charge in [0.15, 0.2) is 0 Å². The molecule has 1 aliphatic carbocycles. The van der Waals surface area contributed by atoms with E-state index in [0.29, 0.717) is 25.7 Å². The molecular weight excluding hydrogens is 202 g/mol. The summed E-state index contributed by atoms with van der Waals surface area (Å²) in [5.74, 6) is -0.597. The van der Waals surface area contributed by atoms with E-state index >= 15 is 0 Å². The summed E-state index contributed by atoms with van der Waals surface area (Å²) in [6.45, 7) is 0. The molecule has 0 aliphatic heterocycles. The van der Waals surface area contributed by atoms with Crippen LogP contribution >= 0.6 is 0 Å². The minimum atomic E-state index is -2.56. The second-order valence-electron chi connectivity index (χ2n) is 3.90. The molecule has 15 heavy (non-hydrogen) atoms. The van der Waals surface area contributed by atoms with Crippen LogP contribution in [-0.4, -0.2) is 17.9 Å². The Morgan fingerprint density at radius 3 is 2.47 bits per heavy atom. The molecule has 1 fully saturated rings. The van der Waals surface area contributed by atoms with Gasteiger partial charge >= 0.3 is 0 Å². The van der Waals surface area contributed by atoms with Crippen molar-refractivity contribution in [2.75, 3.05) is 0 Å². The third-order valence-electron chi connectivity index (χ3n) is 2.79. The Balaban J connectivity index is 2.65. The Kier molecular flexibility index (Phi) is 4.01. The number of hydrogen-bond donors (Lipinski definition) is 1. The van der Waals surface area contributed by atoms with E-state index in [1.807, 2.05) is 0 Å². The molecule has 0 atom stereocenters. The average Bonchev–Trinajstić information content (AvgIpc) is 2.19. The Morgan fingerprint density at radius 1 is 1.40 bits per heavy atom. The molecule has 1 N–H and O–H groups in total. The van der Waals surface area contributed by atoms with Gasteiger partial charge in [-0.25, -0.2) is 8.78 Å². The number of halogens is 2. The second-order valence-corrected chi connectivity index (χ2v) is 3.90. The van der Waals surface area contributed by atoms with Crippen LogP contribution in [0.4, 0.5) is 8.78 Å². The van der Waals surface area contributed by atoms with Gasteiger partial charge in [0.1, 0.15) is 12.0 Å². The largest absolute Gasteiger partial charge is 0.344 e. The fourth-order valence-corrected chi connectivity index (χ4v) is 1.97. The highest BCUT2D eigenvalue weighted by Gasteiger charge is 2.41. The fraction of sp³-hybridized carbons (Fsp3) is 0.800. The molecule has 0 saturated heterocycles. The average molecular weight is 216 g/mol. The van der Waals surface area contributed by atoms with Crippen LogP contribution in [0.5, 0.6) is 0 Å². The van der Waals surface area contributed by atoms with Crippen LogP contribution in [0.3, 0.4) is 0 Å². The lowest BCUT2D eigenvalue weighted by atomic mass is 9.82. The first-order valence-electron chi connectivity index (χ1n) is 5.07. The zero-order chi connectivity index (χ0) is 11.3. The molecule has 0 bridgehead atoms. The lowest BCUT2D eigenvalue weighted by molar-refractivity contribution is -0.125. The maximum Gasteiger partial charge on any atom is 0.261 e. The Bertz CT molecular complexity index is 267. The van der Waals surface area contributed by atoms with E-state index in [0.717, 1.165) is 6.42 Å². The fourth-order valence-electron chi connectivity index (χ4n) is 1.97. The van der Waals surface area contributed by atoms with E-state index in [1.54, 1.807) is 6.07 Å². The normalized spacial score (nSPS) is 19.6. The smallest absolute Gasteiger partial charge is 0.261 e. The molecule has 84 valence electrons. The molecule has 0 radical (unpaired) electrons. The van der Waals surface area contributed by atoms with Gasteiger partial charge in [-0.1, -0.05) is 19.3 Å². The maximum atomic E-state index is 12.9. The SMILES string of the molecule is N#CCC(=O)NC1(C(F)F)CCCCC1. The van der Waals surface area contributed by atoms with Crippen molar-refractivity contribution in [3.63, 3.8) is 0 Å². The summed E-state index contributed by atoms with van der Waals surface area (Å²) in [5, 5.41) is 10.6. The molecule has 5 heteroatoms. The summed E-state index contributed by atoms with van der Waals surface area (Å²) in [6.07, 6.45) is 0.0511. The topological polar surface area (TPSA) is 52.9 Å². The van der Waals surface area contributed by atoms with Crippen LogP contribution in [-0.2, 0) is 4.79 Å². The van der Waals surface area contributed by atoms with Gasteiger partial charge < -0.3 is 5.32 Å². The van der Waals surface area contributed by atoms with Gasteiger partial charge in [-0.15, -0.1) is 0 Å². The lowest BCUT2D eigenvalue weighted by Gasteiger charge is -2.37. The van der Waals surface area contributed by atoms with Crippen LogP contribution in [0.25, 0.3) is 0 Å².